The van der Waals surface area contributed by atoms with Gasteiger partial charge in [-0.1, -0.05) is 0 Å². The van der Waals surface area contributed by atoms with E-state index in [1.165, 1.54) is 32.1 Å². The maximum absolute atomic E-state index is 12.6. The molecule has 3 nitrogen and oxygen atoms in total. The Morgan fingerprint density at radius 3 is 2.43 bits per heavy atom. The molecule has 2 aliphatic carbocycles. The highest BCUT2D eigenvalue weighted by Crippen LogP contribution is 2.52. The lowest BCUT2D eigenvalue weighted by Crippen LogP contribution is -2.42. The molecule has 4 heteroatoms. The number of ether oxygens (including phenoxy) is 1. The van der Waals surface area contributed by atoms with Crippen LogP contribution >= 0.6 is 0 Å². The van der Waals surface area contributed by atoms with Crippen LogP contribution in [0, 0.1) is 11.3 Å². The minimum atomic E-state index is -0.743. The van der Waals surface area contributed by atoms with Gasteiger partial charge in [-0.05, 0) is 83.7 Å². The molecule has 0 aromatic carbocycles. The Kier molecular flexibility index (Phi) is 4.51. The fourth-order valence-corrected chi connectivity index (χ4v) is 5.42. The number of hydrogen-bond acceptors (Lipinski definition) is 3. The maximum Gasteiger partial charge on any atom is 0.0587 e. The number of piperidine rings is 1. The van der Waals surface area contributed by atoms with E-state index in [0.29, 0.717) is 23.5 Å². The average Bonchev–Trinajstić information content (AvgIpc) is 3.16. The van der Waals surface area contributed by atoms with Crippen LogP contribution in [-0.4, -0.2) is 40.0 Å². The van der Waals surface area contributed by atoms with Crippen LogP contribution in [0.25, 0.3) is 0 Å². The third-order valence-electron chi connectivity index (χ3n) is 5.59. The SMILES string of the molecule is CC(C)(C)[S@@](=O)C[C@@H]1C[C@H](OC2CC2)CC12CCNCC2. The Morgan fingerprint density at radius 2 is 1.86 bits per heavy atom. The average molecular weight is 314 g/mol. The summed E-state index contributed by atoms with van der Waals surface area (Å²) in [6.07, 6.45) is 8.30. The van der Waals surface area contributed by atoms with Gasteiger partial charge in [-0.15, -0.1) is 0 Å². The molecule has 1 N–H and O–H groups in total. The molecule has 0 aromatic heterocycles. The van der Waals surface area contributed by atoms with Crippen molar-refractivity contribution in [1.29, 1.82) is 0 Å². The van der Waals surface area contributed by atoms with Crippen LogP contribution in [0.4, 0.5) is 0 Å². The van der Waals surface area contributed by atoms with Crippen molar-refractivity contribution >= 4 is 10.8 Å². The van der Waals surface area contributed by atoms with Gasteiger partial charge in [0.2, 0.25) is 0 Å². The van der Waals surface area contributed by atoms with Crippen LogP contribution < -0.4 is 5.32 Å². The van der Waals surface area contributed by atoms with Gasteiger partial charge in [0.05, 0.1) is 12.2 Å². The zero-order valence-electron chi connectivity index (χ0n) is 13.8. The molecule has 0 unspecified atom stereocenters. The first kappa shape index (κ1) is 15.9. The van der Waals surface area contributed by atoms with Gasteiger partial charge in [-0.25, -0.2) is 0 Å². The van der Waals surface area contributed by atoms with E-state index in [1.54, 1.807) is 0 Å². The highest BCUT2D eigenvalue weighted by Gasteiger charge is 2.49. The Bertz CT molecular complexity index is 394. The van der Waals surface area contributed by atoms with Crippen molar-refractivity contribution in [1.82, 2.24) is 5.32 Å². The molecule has 1 saturated heterocycles. The second-order valence-electron chi connectivity index (χ2n) is 8.33. The molecule has 122 valence electrons. The van der Waals surface area contributed by atoms with Gasteiger partial charge < -0.3 is 10.1 Å². The van der Waals surface area contributed by atoms with Crippen molar-refractivity contribution in [2.75, 3.05) is 18.8 Å². The Balaban J connectivity index is 1.69. The van der Waals surface area contributed by atoms with E-state index in [2.05, 4.69) is 26.1 Å². The molecular formula is C17H31NO2S. The van der Waals surface area contributed by atoms with E-state index in [4.69, 9.17) is 4.74 Å². The number of nitrogens with one attached hydrogen (secondary N) is 1. The highest BCUT2D eigenvalue weighted by atomic mass is 32.2. The molecule has 0 radical (unpaired) electrons. The molecule has 3 atom stereocenters. The zero-order chi connectivity index (χ0) is 15.1. The summed E-state index contributed by atoms with van der Waals surface area (Å²) in [6.45, 7) is 8.55. The summed E-state index contributed by atoms with van der Waals surface area (Å²) < 4.78 is 18.8. The minimum Gasteiger partial charge on any atom is -0.375 e. The van der Waals surface area contributed by atoms with E-state index >= 15 is 0 Å². The lowest BCUT2D eigenvalue weighted by Gasteiger charge is -2.40. The Hall–Kier alpha value is 0.0700. The Morgan fingerprint density at radius 1 is 1.19 bits per heavy atom. The molecule has 0 amide bonds. The predicted octanol–water partition coefficient (Wildman–Crippen LogP) is 2.86. The van der Waals surface area contributed by atoms with E-state index in [9.17, 15) is 4.21 Å². The lowest BCUT2D eigenvalue weighted by molar-refractivity contribution is 0.0327. The Labute approximate surface area is 132 Å². The molecule has 1 aliphatic heterocycles. The predicted molar refractivity (Wildman–Crippen MR) is 87.9 cm³/mol. The molecule has 1 heterocycles. The summed E-state index contributed by atoms with van der Waals surface area (Å²) in [4.78, 5) is 0. The molecule has 0 aromatic rings. The van der Waals surface area contributed by atoms with Gasteiger partial charge in [0.15, 0.2) is 0 Å². The van der Waals surface area contributed by atoms with Crippen molar-refractivity contribution in [3.05, 3.63) is 0 Å². The molecular weight excluding hydrogens is 282 g/mol. The molecule has 21 heavy (non-hydrogen) atoms. The van der Waals surface area contributed by atoms with Gasteiger partial charge in [0.1, 0.15) is 0 Å². The summed E-state index contributed by atoms with van der Waals surface area (Å²) in [6, 6.07) is 0. The quantitative estimate of drug-likeness (QED) is 0.867. The number of rotatable bonds is 4. The third-order valence-corrected chi connectivity index (χ3v) is 7.66. The van der Waals surface area contributed by atoms with Crippen molar-refractivity contribution < 1.29 is 8.95 Å². The van der Waals surface area contributed by atoms with E-state index in [0.717, 1.165) is 25.3 Å². The molecule has 1 spiro atoms. The molecule has 2 saturated carbocycles. The molecule has 3 fully saturated rings. The summed E-state index contributed by atoms with van der Waals surface area (Å²) in [5.74, 6) is 1.46. The normalized spacial score (nSPS) is 34.2. The summed E-state index contributed by atoms with van der Waals surface area (Å²) in [7, 11) is -0.743. The van der Waals surface area contributed by atoms with Gasteiger partial charge in [0, 0.05) is 21.3 Å². The standard InChI is InChI=1S/C17H31NO2S/c1-16(2,3)21(19)12-13-10-15(20-14-4-5-14)11-17(13)6-8-18-9-7-17/h13-15,18H,4-12H2,1-3H3/t13-,15-,21-/m0/s1. The van der Waals surface area contributed by atoms with Crippen molar-refractivity contribution in [3.8, 4) is 0 Å². The van der Waals surface area contributed by atoms with Gasteiger partial charge in [-0.3, -0.25) is 4.21 Å². The lowest BCUT2D eigenvalue weighted by atomic mass is 9.71. The molecule has 0 bridgehead atoms. The summed E-state index contributed by atoms with van der Waals surface area (Å²) in [5.41, 5.74) is 0.395. The van der Waals surface area contributed by atoms with Crippen molar-refractivity contribution in [2.45, 2.75) is 76.3 Å². The highest BCUT2D eigenvalue weighted by molar-refractivity contribution is 7.86. The van der Waals surface area contributed by atoms with Crippen LogP contribution in [0.5, 0.6) is 0 Å². The fraction of sp³-hybridized carbons (Fsp3) is 1.00. The smallest absolute Gasteiger partial charge is 0.0587 e. The second kappa shape index (κ2) is 5.93. The molecule has 3 rings (SSSR count). The van der Waals surface area contributed by atoms with Crippen LogP contribution in [0.1, 0.15) is 59.3 Å². The minimum absolute atomic E-state index is 0.0937. The van der Waals surface area contributed by atoms with Crippen LogP contribution in [0.3, 0.4) is 0 Å². The fourth-order valence-electron chi connectivity index (χ4n) is 4.07. The van der Waals surface area contributed by atoms with Crippen molar-refractivity contribution in [2.24, 2.45) is 11.3 Å². The van der Waals surface area contributed by atoms with Gasteiger partial charge in [-0.2, -0.15) is 0 Å². The zero-order valence-corrected chi connectivity index (χ0v) is 14.6. The van der Waals surface area contributed by atoms with E-state index in [-0.39, 0.29) is 4.75 Å². The number of hydrogen-bond donors (Lipinski definition) is 1. The molecule has 3 aliphatic rings. The van der Waals surface area contributed by atoms with Crippen LogP contribution in [0.15, 0.2) is 0 Å². The van der Waals surface area contributed by atoms with Crippen LogP contribution in [0.2, 0.25) is 0 Å². The van der Waals surface area contributed by atoms with Gasteiger partial charge >= 0.3 is 0 Å². The second-order valence-corrected chi connectivity index (χ2v) is 10.6. The van der Waals surface area contributed by atoms with Gasteiger partial charge in [0.25, 0.3) is 0 Å². The largest absolute Gasteiger partial charge is 0.375 e. The topological polar surface area (TPSA) is 38.3 Å². The van der Waals surface area contributed by atoms with E-state index < -0.39 is 10.8 Å². The summed E-state index contributed by atoms with van der Waals surface area (Å²) in [5, 5.41) is 3.49. The first-order valence-corrected chi connectivity index (χ1v) is 9.96. The van der Waals surface area contributed by atoms with E-state index in [1.807, 2.05) is 0 Å². The first-order valence-electron chi connectivity index (χ1n) is 8.64. The maximum atomic E-state index is 12.6. The van der Waals surface area contributed by atoms with Crippen molar-refractivity contribution in [3.63, 3.8) is 0 Å². The first-order chi connectivity index (χ1) is 9.89. The monoisotopic (exact) mass is 313 g/mol. The van der Waals surface area contributed by atoms with Crippen LogP contribution in [-0.2, 0) is 15.5 Å². The third kappa shape index (κ3) is 3.70. The summed E-state index contributed by atoms with van der Waals surface area (Å²) >= 11 is 0.